The van der Waals surface area contributed by atoms with E-state index in [1.807, 2.05) is 0 Å². The van der Waals surface area contributed by atoms with Crippen molar-refractivity contribution in [2.45, 2.75) is 19.2 Å². The minimum absolute atomic E-state index is 0.308. The monoisotopic (exact) mass is 250 g/mol. The van der Waals surface area contributed by atoms with E-state index in [1.165, 1.54) is 6.92 Å². The van der Waals surface area contributed by atoms with Gasteiger partial charge in [-0.2, -0.15) is 18.2 Å². The first-order chi connectivity index (χ1) is 7.32. The van der Waals surface area contributed by atoms with Gasteiger partial charge in [-0.3, -0.25) is 0 Å². The summed E-state index contributed by atoms with van der Waals surface area (Å²) >= 11 is 5.33. The molecule has 0 aliphatic carbocycles. The molecule has 7 heteroatoms. The van der Waals surface area contributed by atoms with Gasteiger partial charge in [0.25, 0.3) is 0 Å². The van der Waals surface area contributed by atoms with E-state index in [-0.39, 0.29) is 5.88 Å². The lowest BCUT2D eigenvalue weighted by Crippen LogP contribution is -2.13. The van der Waals surface area contributed by atoms with Crippen LogP contribution in [-0.2, 0) is 6.18 Å². The van der Waals surface area contributed by atoms with Gasteiger partial charge in [0.15, 0.2) is 11.8 Å². The maximum atomic E-state index is 12.3. The Balaban J connectivity index is 3.05. The fraction of sp³-hybridized carbons (Fsp3) is 0.333. The summed E-state index contributed by atoms with van der Waals surface area (Å²) in [7, 11) is 0. The highest BCUT2D eigenvalue weighted by molar-refractivity contribution is 6.28. The zero-order chi connectivity index (χ0) is 12.3. The Morgan fingerprint density at radius 3 is 2.62 bits per heavy atom. The lowest BCUT2D eigenvalue weighted by molar-refractivity contribution is -0.141. The van der Waals surface area contributed by atoms with E-state index in [1.54, 1.807) is 0 Å². The van der Waals surface area contributed by atoms with E-state index in [4.69, 9.17) is 22.8 Å². The maximum Gasteiger partial charge on any atom is 0.433 e. The van der Waals surface area contributed by atoms with Gasteiger partial charge in [0.2, 0.25) is 11.2 Å². The van der Waals surface area contributed by atoms with Gasteiger partial charge in [0.05, 0.1) is 0 Å². The van der Waals surface area contributed by atoms with E-state index in [0.717, 1.165) is 0 Å². The lowest BCUT2D eigenvalue weighted by Gasteiger charge is -2.10. The van der Waals surface area contributed by atoms with Gasteiger partial charge in [0, 0.05) is 6.07 Å². The number of hydrogen-bond donors (Lipinski definition) is 0. The quantitative estimate of drug-likeness (QED) is 0.598. The van der Waals surface area contributed by atoms with Crippen LogP contribution in [0.4, 0.5) is 13.2 Å². The Labute approximate surface area is 94.6 Å². The second-order valence-electron chi connectivity index (χ2n) is 2.78. The van der Waals surface area contributed by atoms with E-state index < -0.39 is 23.3 Å². The Morgan fingerprint density at radius 2 is 2.12 bits per heavy atom. The highest BCUT2D eigenvalue weighted by atomic mass is 35.5. The highest BCUT2D eigenvalue weighted by Crippen LogP contribution is 2.30. The van der Waals surface area contributed by atoms with Crippen molar-refractivity contribution in [3.05, 3.63) is 17.0 Å². The van der Waals surface area contributed by atoms with E-state index in [2.05, 4.69) is 15.9 Å². The van der Waals surface area contributed by atoms with Crippen LogP contribution < -0.4 is 4.74 Å². The molecule has 1 heterocycles. The molecule has 1 aromatic heterocycles. The minimum Gasteiger partial charge on any atom is -0.461 e. The summed E-state index contributed by atoms with van der Waals surface area (Å²) < 4.78 is 41.9. The van der Waals surface area contributed by atoms with Crippen LogP contribution in [0.25, 0.3) is 0 Å². The summed E-state index contributed by atoms with van der Waals surface area (Å²) in [5, 5.41) is -0.547. The second kappa shape index (κ2) is 4.58. The maximum absolute atomic E-state index is 12.3. The Hall–Kier alpha value is -1.48. The third-order valence-corrected chi connectivity index (χ3v) is 1.67. The summed E-state index contributed by atoms with van der Waals surface area (Å²) in [5.41, 5.74) is -1.17. The molecule has 0 saturated heterocycles. The van der Waals surface area contributed by atoms with Crippen molar-refractivity contribution in [3.8, 4) is 18.2 Å². The highest BCUT2D eigenvalue weighted by Gasteiger charge is 2.34. The van der Waals surface area contributed by atoms with E-state index >= 15 is 0 Å². The van der Waals surface area contributed by atoms with E-state index in [0.29, 0.717) is 6.07 Å². The molecule has 16 heavy (non-hydrogen) atoms. The SMILES string of the molecule is C#CC(C)Oc1cc(C(F)(F)F)nc(Cl)n1. The Bertz CT molecular complexity index is 428. The van der Waals surface area contributed by atoms with Crippen LogP contribution in [0.1, 0.15) is 12.6 Å². The lowest BCUT2D eigenvalue weighted by atomic mass is 10.4. The van der Waals surface area contributed by atoms with Crippen LogP contribution in [0.3, 0.4) is 0 Å². The number of rotatable bonds is 2. The molecule has 0 radical (unpaired) electrons. The van der Waals surface area contributed by atoms with Crippen molar-refractivity contribution in [2.75, 3.05) is 0 Å². The number of alkyl halides is 3. The zero-order valence-corrected chi connectivity index (χ0v) is 8.80. The molecule has 0 fully saturated rings. The molecular formula is C9H6ClF3N2O. The number of aromatic nitrogens is 2. The number of hydrogen-bond acceptors (Lipinski definition) is 3. The van der Waals surface area contributed by atoms with Gasteiger partial charge < -0.3 is 4.74 Å². The molecule has 86 valence electrons. The number of halogens is 4. The predicted octanol–water partition coefficient (Wildman–Crippen LogP) is 2.55. The summed E-state index contributed by atoms with van der Waals surface area (Å²) in [4.78, 5) is 6.51. The zero-order valence-electron chi connectivity index (χ0n) is 8.05. The fourth-order valence-electron chi connectivity index (χ4n) is 0.818. The van der Waals surface area contributed by atoms with Gasteiger partial charge in [-0.25, -0.2) is 4.98 Å². The first-order valence-corrected chi connectivity index (χ1v) is 4.45. The van der Waals surface area contributed by atoms with Gasteiger partial charge in [-0.15, -0.1) is 6.42 Å². The van der Waals surface area contributed by atoms with Crippen LogP contribution in [-0.4, -0.2) is 16.1 Å². The van der Waals surface area contributed by atoms with Crippen molar-refractivity contribution in [2.24, 2.45) is 0 Å². The molecule has 0 spiro atoms. The van der Waals surface area contributed by atoms with Gasteiger partial charge >= 0.3 is 6.18 Å². The van der Waals surface area contributed by atoms with Crippen molar-refractivity contribution >= 4 is 11.6 Å². The molecule has 0 aliphatic rings. The Kier molecular flexibility index (Phi) is 3.60. The molecule has 1 unspecified atom stereocenters. The normalized spacial score (nSPS) is 13.0. The van der Waals surface area contributed by atoms with Crippen LogP contribution in [0.2, 0.25) is 5.28 Å². The molecule has 0 aliphatic heterocycles. The first-order valence-electron chi connectivity index (χ1n) is 4.07. The molecular weight excluding hydrogens is 245 g/mol. The Morgan fingerprint density at radius 1 is 1.50 bits per heavy atom. The van der Waals surface area contributed by atoms with Crippen LogP contribution >= 0.6 is 11.6 Å². The average Bonchev–Trinajstić information content (AvgIpc) is 2.15. The van der Waals surface area contributed by atoms with Crippen molar-refractivity contribution in [1.82, 2.24) is 9.97 Å². The van der Waals surface area contributed by atoms with Crippen LogP contribution in [0.15, 0.2) is 6.07 Å². The topological polar surface area (TPSA) is 35.0 Å². The first kappa shape index (κ1) is 12.6. The van der Waals surface area contributed by atoms with Gasteiger partial charge in [0.1, 0.15) is 0 Å². The minimum atomic E-state index is -4.61. The fourth-order valence-corrected chi connectivity index (χ4v) is 0.992. The van der Waals surface area contributed by atoms with Gasteiger partial charge in [-0.05, 0) is 18.5 Å². The predicted molar refractivity (Wildman–Crippen MR) is 51.0 cm³/mol. The molecule has 0 amide bonds. The summed E-state index contributed by atoms with van der Waals surface area (Å²) in [6.45, 7) is 1.49. The second-order valence-corrected chi connectivity index (χ2v) is 3.12. The number of terminal acetylenes is 1. The third-order valence-electron chi connectivity index (χ3n) is 1.50. The molecule has 0 bridgehead atoms. The molecule has 1 atom stereocenters. The standard InChI is InChI=1S/C9H6ClF3N2O/c1-3-5(2)16-7-4-6(9(11,12)13)14-8(10)15-7/h1,4-5H,2H3. The largest absolute Gasteiger partial charge is 0.461 e. The van der Waals surface area contributed by atoms with Crippen LogP contribution in [0, 0.1) is 12.3 Å². The third kappa shape index (κ3) is 3.28. The number of nitrogens with zero attached hydrogens (tertiary/aromatic N) is 2. The molecule has 1 rings (SSSR count). The van der Waals surface area contributed by atoms with Gasteiger partial charge in [-0.1, -0.05) is 5.92 Å². The number of ether oxygens (including phenoxy) is 1. The molecule has 0 N–H and O–H groups in total. The van der Waals surface area contributed by atoms with Crippen molar-refractivity contribution in [1.29, 1.82) is 0 Å². The summed E-state index contributed by atoms with van der Waals surface area (Å²) in [5.74, 6) is 1.88. The van der Waals surface area contributed by atoms with Crippen molar-refractivity contribution < 1.29 is 17.9 Å². The van der Waals surface area contributed by atoms with Crippen molar-refractivity contribution in [3.63, 3.8) is 0 Å². The molecule has 0 saturated carbocycles. The molecule has 0 aromatic carbocycles. The molecule has 3 nitrogen and oxygen atoms in total. The molecule has 1 aromatic rings. The van der Waals surface area contributed by atoms with E-state index in [9.17, 15) is 13.2 Å². The summed E-state index contributed by atoms with van der Waals surface area (Å²) in [6.07, 6.45) is -0.301. The average molecular weight is 251 g/mol. The van der Waals surface area contributed by atoms with Crippen LogP contribution in [0.5, 0.6) is 5.88 Å². The summed E-state index contributed by atoms with van der Waals surface area (Å²) in [6, 6.07) is 0.639. The smallest absolute Gasteiger partial charge is 0.433 e.